The van der Waals surface area contributed by atoms with E-state index >= 15 is 0 Å². The van der Waals surface area contributed by atoms with Crippen LogP contribution in [0.4, 0.5) is 5.00 Å². The van der Waals surface area contributed by atoms with Gasteiger partial charge in [-0.25, -0.2) is 4.79 Å². The summed E-state index contributed by atoms with van der Waals surface area (Å²) >= 11 is 8.20. The van der Waals surface area contributed by atoms with Crippen LogP contribution in [-0.2, 0) is 4.74 Å². The van der Waals surface area contributed by atoms with Crippen molar-refractivity contribution in [1.82, 2.24) is 0 Å². The third kappa shape index (κ3) is 2.72. The highest BCUT2D eigenvalue weighted by molar-refractivity contribution is 7.18. The van der Waals surface area contributed by atoms with Crippen molar-refractivity contribution in [2.24, 2.45) is 0 Å². The Labute approximate surface area is 116 Å². The molecule has 2 aromatic heterocycles. The lowest BCUT2D eigenvalue weighted by atomic mass is 10.3. The van der Waals surface area contributed by atoms with E-state index in [4.69, 9.17) is 11.6 Å². The lowest BCUT2D eigenvalue weighted by Crippen LogP contribution is -2.12. The van der Waals surface area contributed by atoms with Gasteiger partial charge < -0.3 is 10.1 Å². The van der Waals surface area contributed by atoms with Gasteiger partial charge >= 0.3 is 5.97 Å². The monoisotopic (exact) mass is 301 g/mol. The number of carbonyl (C=O) groups excluding carboxylic acids is 2. The van der Waals surface area contributed by atoms with Crippen molar-refractivity contribution in [3.8, 4) is 0 Å². The molecule has 94 valence electrons. The highest BCUT2D eigenvalue weighted by Crippen LogP contribution is 2.27. The van der Waals surface area contributed by atoms with E-state index in [2.05, 4.69) is 10.1 Å². The van der Waals surface area contributed by atoms with Crippen LogP contribution >= 0.6 is 34.3 Å². The number of anilines is 1. The lowest BCUT2D eigenvalue weighted by molar-refractivity contribution is 0.0602. The number of hydrogen-bond acceptors (Lipinski definition) is 5. The maximum Gasteiger partial charge on any atom is 0.340 e. The Morgan fingerprint density at radius 1 is 1.33 bits per heavy atom. The van der Waals surface area contributed by atoms with Crippen molar-refractivity contribution >= 4 is 51.2 Å². The number of nitrogens with one attached hydrogen (secondary N) is 1. The molecule has 2 aromatic rings. The first-order valence-electron chi connectivity index (χ1n) is 4.84. The number of amides is 1. The predicted octanol–water partition coefficient (Wildman–Crippen LogP) is 3.50. The molecule has 1 amide bonds. The van der Waals surface area contributed by atoms with Gasteiger partial charge in [-0.2, -0.15) is 0 Å². The minimum absolute atomic E-state index is 0.292. The normalized spacial score (nSPS) is 10.1. The number of methoxy groups -OCH3 is 1. The van der Waals surface area contributed by atoms with Gasteiger partial charge in [-0.05, 0) is 23.6 Å². The molecule has 0 aliphatic carbocycles. The van der Waals surface area contributed by atoms with E-state index in [0.717, 1.165) is 0 Å². The molecule has 0 unspecified atom stereocenters. The molecular formula is C11H8ClNO3S2. The summed E-state index contributed by atoms with van der Waals surface area (Å²) in [5.74, 6) is -0.768. The Hall–Kier alpha value is -1.37. The molecule has 7 heteroatoms. The summed E-state index contributed by atoms with van der Waals surface area (Å²) in [5, 5.41) is 4.85. The van der Waals surface area contributed by atoms with E-state index in [1.807, 2.05) is 0 Å². The van der Waals surface area contributed by atoms with Gasteiger partial charge in [0.15, 0.2) is 0 Å². The zero-order valence-electron chi connectivity index (χ0n) is 9.23. The molecule has 4 nitrogen and oxygen atoms in total. The number of hydrogen-bond donors (Lipinski definition) is 1. The quantitative estimate of drug-likeness (QED) is 0.883. The van der Waals surface area contributed by atoms with Gasteiger partial charge in [-0.1, -0.05) is 11.6 Å². The molecule has 0 atom stereocenters. The second-order valence-corrected chi connectivity index (χ2v) is 5.84. The first-order valence-corrected chi connectivity index (χ1v) is 6.91. The number of ether oxygens (including phenoxy) is 1. The Morgan fingerprint density at radius 2 is 2.11 bits per heavy atom. The molecule has 0 saturated heterocycles. The molecule has 2 rings (SSSR count). The first-order chi connectivity index (χ1) is 8.61. The minimum atomic E-state index is -0.476. The molecule has 0 bridgehead atoms. The number of halogens is 1. The fraction of sp³-hybridized carbons (Fsp3) is 0.0909. The summed E-state index contributed by atoms with van der Waals surface area (Å²) in [6, 6.07) is 4.89. The SMILES string of the molecule is COC(=O)c1ccsc1NC(=O)c1ccc(Cl)s1. The molecule has 0 saturated carbocycles. The molecule has 0 fully saturated rings. The van der Waals surface area contributed by atoms with Gasteiger partial charge in [0, 0.05) is 0 Å². The molecule has 0 spiro atoms. The van der Waals surface area contributed by atoms with Crippen molar-refractivity contribution in [3.05, 3.63) is 38.4 Å². The molecule has 0 aromatic carbocycles. The topological polar surface area (TPSA) is 55.4 Å². The fourth-order valence-electron chi connectivity index (χ4n) is 1.28. The van der Waals surface area contributed by atoms with E-state index in [-0.39, 0.29) is 5.91 Å². The Kier molecular flexibility index (Phi) is 4.00. The molecule has 2 heterocycles. The largest absolute Gasteiger partial charge is 0.465 e. The predicted molar refractivity (Wildman–Crippen MR) is 72.9 cm³/mol. The van der Waals surface area contributed by atoms with Crippen molar-refractivity contribution in [2.75, 3.05) is 12.4 Å². The Morgan fingerprint density at radius 3 is 2.72 bits per heavy atom. The molecule has 0 aliphatic heterocycles. The maximum atomic E-state index is 11.9. The smallest absolute Gasteiger partial charge is 0.340 e. The van der Waals surface area contributed by atoms with E-state index in [1.165, 1.54) is 29.8 Å². The lowest BCUT2D eigenvalue weighted by Gasteiger charge is -2.03. The van der Waals surface area contributed by atoms with Crippen LogP contribution in [-0.4, -0.2) is 19.0 Å². The van der Waals surface area contributed by atoms with Crippen LogP contribution in [0.5, 0.6) is 0 Å². The van der Waals surface area contributed by atoms with Crippen molar-refractivity contribution < 1.29 is 14.3 Å². The number of carbonyl (C=O) groups is 2. The minimum Gasteiger partial charge on any atom is -0.465 e. The standard InChI is InChI=1S/C11H8ClNO3S2/c1-16-11(15)6-4-5-17-10(6)13-9(14)7-2-3-8(12)18-7/h2-5H,1H3,(H,13,14). The van der Waals surface area contributed by atoms with Gasteiger partial charge in [0.05, 0.1) is 21.9 Å². The summed E-state index contributed by atoms with van der Waals surface area (Å²) in [7, 11) is 1.30. The highest BCUT2D eigenvalue weighted by Gasteiger charge is 2.16. The third-order valence-corrected chi connectivity index (χ3v) is 4.15. The Bertz CT molecular complexity index is 591. The van der Waals surface area contributed by atoms with Crippen molar-refractivity contribution in [1.29, 1.82) is 0 Å². The number of rotatable bonds is 3. The van der Waals surface area contributed by atoms with Crippen LogP contribution in [0.3, 0.4) is 0 Å². The summed E-state index contributed by atoms with van der Waals surface area (Å²) < 4.78 is 5.17. The maximum absolute atomic E-state index is 11.9. The first kappa shape index (κ1) is 13.1. The zero-order chi connectivity index (χ0) is 13.1. The fourth-order valence-corrected chi connectivity index (χ4v) is 2.99. The number of esters is 1. The second kappa shape index (κ2) is 5.51. The molecule has 18 heavy (non-hydrogen) atoms. The van der Waals surface area contributed by atoms with Crippen LogP contribution in [0.25, 0.3) is 0 Å². The van der Waals surface area contributed by atoms with Crippen LogP contribution in [0.15, 0.2) is 23.6 Å². The summed E-state index contributed by atoms with van der Waals surface area (Å²) in [4.78, 5) is 23.8. The van der Waals surface area contributed by atoms with Gasteiger partial charge in [0.1, 0.15) is 5.00 Å². The molecule has 0 radical (unpaired) electrons. The van der Waals surface area contributed by atoms with Crippen LogP contribution in [0, 0.1) is 0 Å². The van der Waals surface area contributed by atoms with Gasteiger partial charge in [0.25, 0.3) is 5.91 Å². The zero-order valence-corrected chi connectivity index (χ0v) is 11.6. The van der Waals surface area contributed by atoms with Crippen LogP contribution in [0.1, 0.15) is 20.0 Å². The molecule has 0 aliphatic rings. The second-order valence-electron chi connectivity index (χ2n) is 3.21. The van der Waals surface area contributed by atoms with E-state index in [9.17, 15) is 9.59 Å². The van der Waals surface area contributed by atoms with Crippen molar-refractivity contribution in [2.45, 2.75) is 0 Å². The van der Waals surface area contributed by atoms with Gasteiger partial charge in [-0.3, -0.25) is 4.79 Å². The van der Waals surface area contributed by atoms with Gasteiger partial charge in [0.2, 0.25) is 0 Å². The number of thiophene rings is 2. The van der Waals surface area contributed by atoms with Crippen molar-refractivity contribution in [3.63, 3.8) is 0 Å². The average Bonchev–Trinajstić information content (AvgIpc) is 2.97. The van der Waals surface area contributed by atoms with Crippen LogP contribution < -0.4 is 5.32 Å². The van der Waals surface area contributed by atoms with E-state index < -0.39 is 5.97 Å². The molecular weight excluding hydrogens is 294 g/mol. The Balaban J connectivity index is 2.17. The van der Waals surface area contributed by atoms with Crippen LogP contribution in [0.2, 0.25) is 4.34 Å². The van der Waals surface area contributed by atoms with Gasteiger partial charge in [-0.15, -0.1) is 22.7 Å². The highest BCUT2D eigenvalue weighted by atomic mass is 35.5. The molecule has 1 N–H and O–H groups in total. The summed E-state index contributed by atoms with van der Waals surface area (Å²) in [5.41, 5.74) is 0.346. The van der Waals surface area contributed by atoms with E-state index in [0.29, 0.717) is 19.8 Å². The summed E-state index contributed by atoms with van der Waals surface area (Å²) in [6.07, 6.45) is 0. The van der Waals surface area contributed by atoms with E-state index in [1.54, 1.807) is 23.6 Å². The summed E-state index contributed by atoms with van der Waals surface area (Å²) in [6.45, 7) is 0. The average molecular weight is 302 g/mol. The third-order valence-electron chi connectivity index (χ3n) is 2.09.